The minimum Gasteiger partial charge on any atom is -0.465 e. The van der Waals surface area contributed by atoms with E-state index in [0.29, 0.717) is 15.7 Å². The number of hydrogen-bond acceptors (Lipinski definition) is 8. The van der Waals surface area contributed by atoms with Gasteiger partial charge in [0.25, 0.3) is 5.91 Å². The van der Waals surface area contributed by atoms with Crippen molar-refractivity contribution in [2.75, 3.05) is 12.4 Å². The number of rotatable bonds is 4. The van der Waals surface area contributed by atoms with E-state index < -0.39 is 5.97 Å². The topological polar surface area (TPSA) is 81.2 Å². The van der Waals surface area contributed by atoms with Crippen molar-refractivity contribution < 1.29 is 14.3 Å². The molecule has 0 fully saturated rings. The van der Waals surface area contributed by atoms with Crippen molar-refractivity contribution in [3.8, 4) is 10.6 Å². The fraction of sp³-hybridized carbons (Fsp3) is 0.0769. The monoisotopic (exact) mass is 351 g/mol. The highest BCUT2D eigenvalue weighted by Gasteiger charge is 2.16. The number of anilines is 1. The van der Waals surface area contributed by atoms with Crippen LogP contribution in [0.25, 0.3) is 10.6 Å². The molecule has 0 radical (unpaired) electrons. The molecule has 6 nitrogen and oxygen atoms in total. The minimum atomic E-state index is -0.480. The van der Waals surface area contributed by atoms with Gasteiger partial charge in [-0.15, -0.1) is 11.3 Å². The van der Waals surface area contributed by atoms with E-state index in [-0.39, 0.29) is 5.91 Å². The van der Waals surface area contributed by atoms with Crippen LogP contribution < -0.4 is 5.32 Å². The standard InChI is InChI=1S/C13H9N3O3S3/c1-19-12(18)9-4-14-13(22-9)16-10(17)8-6-21-11(15-8)7-2-3-20-5-7/h2-6H,1H3,(H,14,16,17). The first-order valence-corrected chi connectivity index (χ1v) is 8.65. The number of nitrogens with zero attached hydrogens (tertiary/aromatic N) is 2. The largest absolute Gasteiger partial charge is 0.465 e. The number of aromatic nitrogens is 2. The highest BCUT2D eigenvalue weighted by Crippen LogP contribution is 2.26. The maximum absolute atomic E-state index is 12.1. The van der Waals surface area contributed by atoms with Gasteiger partial charge in [0, 0.05) is 16.3 Å². The van der Waals surface area contributed by atoms with Crippen LogP contribution in [0.4, 0.5) is 5.13 Å². The van der Waals surface area contributed by atoms with Gasteiger partial charge in [-0.05, 0) is 11.4 Å². The van der Waals surface area contributed by atoms with Gasteiger partial charge in [0.1, 0.15) is 15.6 Å². The van der Waals surface area contributed by atoms with Gasteiger partial charge in [0.15, 0.2) is 5.13 Å². The van der Waals surface area contributed by atoms with Gasteiger partial charge in [-0.3, -0.25) is 10.1 Å². The summed E-state index contributed by atoms with van der Waals surface area (Å²) in [6.07, 6.45) is 1.37. The molecule has 0 aliphatic rings. The molecule has 22 heavy (non-hydrogen) atoms. The summed E-state index contributed by atoms with van der Waals surface area (Å²) in [6.45, 7) is 0. The van der Waals surface area contributed by atoms with Gasteiger partial charge in [-0.25, -0.2) is 14.8 Å². The molecule has 0 aliphatic heterocycles. The van der Waals surface area contributed by atoms with Gasteiger partial charge in [0.2, 0.25) is 0 Å². The predicted molar refractivity (Wildman–Crippen MR) is 86.8 cm³/mol. The van der Waals surface area contributed by atoms with Crippen molar-refractivity contribution in [2.45, 2.75) is 0 Å². The van der Waals surface area contributed by atoms with Crippen LogP contribution in [0.3, 0.4) is 0 Å². The number of methoxy groups -OCH3 is 1. The Labute approximate surface area is 137 Å². The summed E-state index contributed by atoms with van der Waals surface area (Å²) >= 11 is 4.03. The molecule has 3 heterocycles. The van der Waals surface area contributed by atoms with E-state index in [1.165, 1.54) is 24.6 Å². The first-order valence-electron chi connectivity index (χ1n) is 6.01. The van der Waals surface area contributed by atoms with Crippen LogP contribution >= 0.6 is 34.0 Å². The molecule has 0 atom stereocenters. The van der Waals surface area contributed by atoms with Crippen LogP contribution in [0.2, 0.25) is 0 Å². The Hall–Kier alpha value is -2.10. The molecule has 3 rings (SSSR count). The van der Waals surface area contributed by atoms with E-state index in [9.17, 15) is 9.59 Å². The number of ether oxygens (including phenoxy) is 1. The second-order valence-electron chi connectivity index (χ2n) is 4.03. The predicted octanol–water partition coefficient (Wildman–Crippen LogP) is 3.37. The SMILES string of the molecule is COC(=O)c1cnc(NC(=O)c2csc(-c3ccsc3)n2)s1. The van der Waals surface area contributed by atoms with E-state index in [0.717, 1.165) is 21.9 Å². The zero-order valence-electron chi connectivity index (χ0n) is 11.2. The summed E-state index contributed by atoms with van der Waals surface area (Å²) in [5.74, 6) is -0.838. The summed E-state index contributed by atoms with van der Waals surface area (Å²) in [4.78, 5) is 32.1. The first-order chi connectivity index (χ1) is 10.7. The first kappa shape index (κ1) is 14.8. The number of thiazole rings is 2. The Kier molecular flexibility index (Phi) is 4.27. The normalized spacial score (nSPS) is 10.4. The molecular weight excluding hydrogens is 342 g/mol. The Bertz CT molecular complexity index is 807. The smallest absolute Gasteiger partial charge is 0.349 e. The molecule has 0 saturated heterocycles. The van der Waals surface area contributed by atoms with Crippen LogP contribution in [0, 0.1) is 0 Å². The average Bonchev–Trinajstić information content (AvgIpc) is 3.25. The Balaban J connectivity index is 1.72. The van der Waals surface area contributed by atoms with Crippen molar-refractivity contribution in [1.29, 1.82) is 0 Å². The quantitative estimate of drug-likeness (QED) is 0.729. The van der Waals surface area contributed by atoms with Crippen molar-refractivity contribution in [2.24, 2.45) is 0 Å². The fourth-order valence-corrected chi connectivity index (χ4v) is 3.83. The molecule has 0 aromatic carbocycles. The maximum atomic E-state index is 12.1. The zero-order valence-corrected chi connectivity index (χ0v) is 13.7. The lowest BCUT2D eigenvalue weighted by molar-refractivity contribution is 0.0606. The fourth-order valence-electron chi connectivity index (χ4n) is 1.58. The van der Waals surface area contributed by atoms with Crippen molar-refractivity contribution >= 4 is 51.0 Å². The molecule has 9 heteroatoms. The lowest BCUT2D eigenvalue weighted by atomic mass is 10.3. The number of hydrogen-bond donors (Lipinski definition) is 1. The molecule has 112 valence electrons. The Morgan fingerprint density at radius 1 is 1.32 bits per heavy atom. The number of nitrogens with one attached hydrogen (secondary N) is 1. The molecule has 0 aliphatic carbocycles. The summed E-state index contributed by atoms with van der Waals surface area (Å²) < 4.78 is 4.59. The van der Waals surface area contributed by atoms with E-state index in [1.807, 2.05) is 16.8 Å². The average molecular weight is 351 g/mol. The second kappa shape index (κ2) is 6.34. The van der Waals surface area contributed by atoms with Gasteiger partial charge in [-0.2, -0.15) is 11.3 Å². The van der Waals surface area contributed by atoms with Crippen LogP contribution in [-0.4, -0.2) is 29.0 Å². The molecule has 3 aromatic rings. The second-order valence-corrected chi connectivity index (χ2v) is 6.69. The number of amides is 1. The van der Waals surface area contributed by atoms with E-state index >= 15 is 0 Å². The molecular formula is C13H9N3O3S3. The van der Waals surface area contributed by atoms with Crippen molar-refractivity contribution in [1.82, 2.24) is 9.97 Å². The lowest BCUT2D eigenvalue weighted by Gasteiger charge is -1.97. The minimum absolute atomic E-state index is 0.320. The summed E-state index contributed by atoms with van der Waals surface area (Å²) in [7, 11) is 1.29. The van der Waals surface area contributed by atoms with E-state index in [2.05, 4.69) is 20.0 Å². The Morgan fingerprint density at radius 2 is 2.18 bits per heavy atom. The Morgan fingerprint density at radius 3 is 2.91 bits per heavy atom. The third-order valence-electron chi connectivity index (χ3n) is 2.62. The van der Waals surface area contributed by atoms with Gasteiger partial charge in [0.05, 0.1) is 13.3 Å². The molecule has 0 spiro atoms. The van der Waals surface area contributed by atoms with Gasteiger partial charge in [-0.1, -0.05) is 11.3 Å². The number of esters is 1. The van der Waals surface area contributed by atoms with Gasteiger partial charge >= 0.3 is 5.97 Å². The zero-order chi connectivity index (χ0) is 15.5. The molecule has 0 unspecified atom stereocenters. The van der Waals surface area contributed by atoms with Crippen molar-refractivity contribution in [3.63, 3.8) is 0 Å². The van der Waals surface area contributed by atoms with Crippen molar-refractivity contribution in [3.05, 3.63) is 39.0 Å². The number of carbonyl (C=O) groups excluding carboxylic acids is 2. The molecule has 0 saturated carbocycles. The van der Waals surface area contributed by atoms with E-state index in [4.69, 9.17) is 0 Å². The highest BCUT2D eigenvalue weighted by atomic mass is 32.1. The molecule has 1 N–H and O–H groups in total. The third-order valence-corrected chi connectivity index (χ3v) is 5.09. The third kappa shape index (κ3) is 3.06. The molecule has 3 aromatic heterocycles. The molecule has 0 bridgehead atoms. The molecule has 1 amide bonds. The number of carbonyl (C=O) groups is 2. The summed E-state index contributed by atoms with van der Waals surface area (Å²) in [5.41, 5.74) is 1.32. The lowest BCUT2D eigenvalue weighted by Crippen LogP contribution is -2.11. The van der Waals surface area contributed by atoms with Crippen LogP contribution in [0.15, 0.2) is 28.4 Å². The van der Waals surface area contributed by atoms with Crippen LogP contribution in [0.5, 0.6) is 0 Å². The summed E-state index contributed by atoms with van der Waals surface area (Å²) in [5, 5.41) is 9.37. The highest BCUT2D eigenvalue weighted by molar-refractivity contribution is 7.17. The van der Waals surface area contributed by atoms with Crippen LogP contribution in [0.1, 0.15) is 20.2 Å². The number of thiophene rings is 1. The van der Waals surface area contributed by atoms with E-state index in [1.54, 1.807) is 16.7 Å². The van der Waals surface area contributed by atoms with Crippen LogP contribution in [-0.2, 0) is 4.74 Å². The van der Waals surface area contributed by atoms with Gasteiger partial charge < -0.3 is 4.74 Å². The summed E-state index contributed by atoms with van der Waals surface area (Å²) in [6, 6.07) is 1.95. The maximum Gasteiger partial charge on any atom is 0.349 e.